The number of hydrogen-bond acceptors (Lipinski definition) is 3. The van der Waals surface area contributed by atoms with Crippen LogP contribution in [0.4, 0.5) is 5.69 Å². The van der Waals surface area contributed by atoms with Gasteiger partial charge in [-0.2, -0.15) is 0 Å². The van der Waals surface area contributed by atoms with E-state index in [9.17, 15) is 9.59 Å². The van der Waals surface area contributed by atoms with Gasteiger partial charge in [0.15, 0.2) is 0 Å². The van der Waals surface area contributed by atoms with Gasteiger partial charge in [-0.05, 0) is 43.9 Å². The van der Waals surface area contributed by atoms with E-state index in [4.69, 9.17) is 4.74 Å². The quantitative estimate of drug-likeness (QED) is 0.813. The maximum atomic E-state index is 11.8. The van der Waals surface area contributed by atoms with Gasteiger partial charge < -0.3 is 15.4 Å². The maximum absolute atomic E-state index is 11.8. The minimum atomic E-state index is -0.128. The molecule has 0 aromatic heterocycles. The summed E-state index contributed by atoms with van der Waals surface area (Å²) >= 11 is 0. The molecule has 0 bridgehead atoms. The molecule has 1 aromatic carbocycles. The summed E-state index contributed by atoms with van der Waals surface area (Å²) < 4.78 is 5.50. The van der Waals surface area contributed by atoms with Gasteiger partial charge in [0, 0.05) is 19.4 Å². The van der Waals surface area contributed by atoms with Crippen molar-refractivity contribution in [1.82, 2.24) is 5.32 Å². The van der Waals surface area contributed by atoms with Crippen molar-refractivity contribution in [1.29, 1.82) is 0 Å². The second kappa shape index (κ2) is 7.82. The van der Waals surface area contributed by atoms with Gasteiger partial charge >= 0.3 is 0 Å². The van der Waals surface area contributed by atoms with Crippen molar-refractivity contribution in [2.24, 2.45) is 5.92 Å². The first kappa shape index (κ1) is 16.3. The van der Waals surface area contributed by atoms with E-state index in [0.29, 0.717) is 24.6 Å². The van der Waals surface area contributed by atoms with Crippen molar-refractivity contribution in [3.8, 4) is 5.75 Å². The Bertz CT molecular complexity index is 539. The van der Waals surface area contributed by atoms with E-state index in [-0.39, 0.29) is 17.7 Å². The van der Waals surface area contributed by atoms with Gasteiger partial charge in [0.25, 0.3) is 0 Å². The molecule has 1 aliphatic rings. The van der Waals surface area contributed by atoms with Crippen LogP contribution in [-0.2, 0) is 16.0 Å². The van der Waals surface area contributed by atoms with Gasteiger partial charge in [-0.3, -0.25) is 9.59 Å². The predicted octanol–water partition coefficient (Wildman–Crippen LogP) is 2.50. The summed E-state index contributed by atoms with van der Waals surface area (Å²) in [6, 6.07) is 5.73. The molecule has 0 heterocycles. The first-order valence-electron chi connectivity index (χ1n) is 7.91. The van der Waals surface area contributed by atoms with Crippen LogP contribution in [0.1, 0.15) is 38.7 Å². The van der Waals surface area contributed by atoms with Crippen molar-refractivity contribution in [3.63, 3.8) is 0 Å². The Morgan fingerprint density at radius 2 is 2.09 bits per heavy atom. The minimum absolute atomic E-state index is 0.128. The fourth-order valence-electron chi connectivity index (χ4n) is 2.45. The molecule has 0 radical (unpaired) electrons. The van der Waals surface area contributed by atoms with Gasteiger partial charge in [0.1, 0.15) is 5.75 Å². The molecule has 1 aliphatic carbocycles. The molecule has 1 saturated carbocycles. The van der Waals surface area contributed by atoms with Crippen LogP contribution < -0.4 is 15.4 Å². The number of rotatable bonds is 7. The van der Waals surface area contributed by atoms with E-state index in [1.54, 1.807) is 0 Å². The molecular weight excluding hydrogens is 280 g/mol. The second-order valence-corrected chi connectivity index (χ2v) is 5.61. The summed E-state index contributed by atoms with van der Waals surface area (Å²) in [6.45, 7) is 4.54. The summed E-state index contributed by atoms with van der Waals surface area (Å²) in [4.78, 5) is 23.1. The van der Waals surface area contributed by atoms with Gasteiger partial charge in [-0.25, -0.2) is 0 Å². The molecule has 0 aliphatic heterocycles. The minimum Gasteiger partial charge on any atom is -0.492 e. The Morgan fingerprint density at radius 3 is 2.68 bits per heavy atom. The van der Waals surface area contributed by atoms with Crippen LogP contribution in [0.5, 0.6) is 5.75 Å². The molecule has 0 spiro atoms. The van der Waals surface area contributed by atoms with Crippen LogP contribution in [0.15, 0.2) is 18.2 Å². The van der Waals surface area contributed by atoms with E-state index < -0.39 is 0 Å². The largest absolute Gasteiger partial charge is 0.492 e. The van der Waals surface area contributed by atoms with Crippen molar-refractivity contribution in [2.75, 3.05) is 18.5 Å². The highest BCUT2D eigenvalue weighted by atomic mass is 16.5. The number of anilines is 1. The number of nitrogens with one attached hydrogen (secondary N) is 2. The molecule has 1 aromatic rings. The Morgan fingerprint density at radius 1 is 1.32 bits per heavy atom. The van der Waals surface area contributed by atoms with Crippen molar-refractivity contribution < 1.29 is 14.3 Å². The van der Waals surface area contributed by atoms with Crippen LogP contribution in [0.2, 0.25) is 0 Å². The normalized spacial score (nSPS) is 14.1. The Balaban J connectivity index is 1.92. The van der Waals surface area contributed by atoms with E-state index in [0.717, 1.165) is 31.2 Å². The zero-order valence-electron chi connectivity index (χ0n) is 13.3. The average Bonchev–Trinajstić information content (AvgIpc) is 2.39. The van der Waals surface area contributed by atoms with Crippen molar-refractivity contribution >= 4 is 17.5 Å². The summed E-state index contributed by atoms with van der Waals surface area (Å²) in [7, 11) is 0. The van der Waals surface area contributed by atoms with Crippen molar-refractivity contribution in [2.45, 2.75) is 39.5 Å². The lowest BCUT2D eigenvalue weighted by Crippen LogP contribution is -2.35. The number of carbonyl (C=O) groups excluding carboxylic acids is 2. The fraction of sp³-hybridized carbons (Fsp3) is 0.529. The molecule has 22 heavy (non-hydrogen) atoms. The third kappa shape index (κ3) is 4.48. The highest BCUT2D eigenvalue weighted by Crippen LogP contribution is 2.27. The number of ether oxygens (including phenoxy) is 1. The summed E-state index contributed by atoms with van der Waals surface area (Å²) in [5.41, 5.74) is 1.73. The predicted molar refractivity (Wildman–Crippen MR) is 86.0 cm³/mol. The standard InChI is InChI=1S/C17H24N2O3/c1-3-22-16-8-7-13(11-15(16)19-12(2)20)9-10-18-17(21)14-5-4-6-14/h7-8,11,14H,3-6,9-10H2,1-2H3,(H,18,21)(H,19,20). The van der Waals surface area contributed by atoms with Crippen molar-refractivity contribution in [3.05, 3.63) is 23.8 Å². The van der Waals surface area contributed by atoms with Gasteiger partial charge in [0.05, 0.1) is 12.3 Å². The lowest BCUT2D eigenvalue weighted by atomic mass is 9.85. The molecular formula is C17H24N2O3. The lowest BCUT2D eigenvalue weighted by molar-refractivity contribution is -0.127. The zero-order chi connectivity index (χ0) is 15.9. The third-order valence-corrected chi connectivity index (χ3v) is 3.84. The number of benzene rings is 1. The Hall–Kier alpha value is -2.04. The fourth-order valence-corrected chi connectivity index (χ4v) is 2.45. The smallest absolute Gasteiger partial charge is 0.223 e. The lowest BCUT2D eigenvalue weighted by Gasteiger charge is -2.24. The van der Waals surface area contributed by atoms with E-state index in [2.05, 4.69) is 10.6 Å². The van der Waals surface area contributed by atoms with Crippen LogP contribution >= 0.6 is 0 Å². The van der Waals surface area contributed by atoms with E-state index in [1.165, 1.54) is 6.92 Å². The van der Waals surface area contributed by atoms with Crippen LogP contribution in [0.25, 0.3) is 0 Å². The molecule has 1 fully saturated rings. The molecule has 2 rings (SSSR count). The molecule has 2 N–H and O–H groups in total. The SMILES string of the molecule is CCOc1ccc(CCNC(=O)C2CCC2)cc1NC(C)=O. The molecule has 5 heteroatoms. The average molecular weight is 304 g/mol. The summed E-state index contributed by atoms with van der Waals surface area (Å²) in [5, 5.41) is 5.76. The first-order chi connectivity index (χ1) is 10.6. The molecule has 120 valence electrons. The van der Waals surface area contributed by atoms with E-state index >= 15 is 0 Å². The summed E-state index contributed by atoms with van der Waals surface area (Å²) in [6.07, 6.45) is 3.93. The number of amides is 2. The molecule has 5 nitrogen and oxygen atoms in total. The zero-order valence-corrected chi connectivity index (χ0v) is 13.3. The topological polar surface area (TPSA) is 67.4 Å². The second-order valence-electron chi connectivity index (χ2n) is 5.61. The molecule has 0 unspecified atom stereocenters. The monoisotopic (exact) mass is 304 g/mol. The third-order valence-electron chi connectivity index (χ3n) is 3.84. The number of hydrogen-bond donors (Lipinski definition) is 2. The highest BCUT2D eigenvalue weighted by molar-refractivity contribution is 5.90. The summed E-state index contributed by atoms with van der Waals surface area (Å²) in [5.74, 6) is 0.922. The van der Waals surface area contributed by atoms with Gasteiger partial charge in [-0.15, -0.1) is 0 Å². The molecule has 0 saturated heterocycles. The highest BCUT2D eigenvalue weighted by Gasteiger charge is 2.24. The Kier molecular flexibility index (Phi) is 5.81. The Labute approximate surface area is 131 Å². The van der Waals surface area contributed by atoms with Crippen LogP contribution in [0.3, 0.4) is 0 Å². The van der Waals surface area contributed by atoms with Gasteiger partial charge in [-0.1, -0.05) is 12.5 Å². The first-order valence-corrected chi connectivity index (χ1v) is 7.91. The van der Waals surface area contributed by atoms with Crippen LogP contribution in [-0.4, -0.2) is 25.0 Å². The maximum Gasteiger partial charge on any atom is 0.223 e. The molecule has 0 atom stereocenters. The van der Waals surface area contributed by atoms with E-state index in [1.807, 2.05) is 25.1 Å². The van der Waals surface area contributed by atoms with Gasteiger partial charge in [0.2, 0.25) is 11.8 Å². The number of carbonyl (C=O) groups is 2. The van der Waals surface area contributed by atoms with Crippen LogP contribution in [0, 0.1) is 5.92 Å². The molecule has 2 amide bonds.